The Hall–Kier alpha value is -1.65. The van der Waals surface area contributed by atoms with Crippen LogP contribution >= 0.6 is 0 Å². The van der Waals surface area contributed by atoms with Crippen LogP contribution in [0.2, 0.25) is 0 Å². The molecule has 1 aliphatic rings. The third-order valence-electron chi connectivity index (χ3n) is 3.39. The Balaban J connectivity index is 2.21. The minimum absolute atomic E-state index is 0.0162. The van der Waals surface area contributed by atoms with E-state index in [1.165, 1.54) is 0 Å². The Morgan fingerprint density at radius 3 is 2.44 bits per heavy atom. The summed E-state index contributed by atoms with van der Waals surface area (Å²) >= 11 is 0. The molecule has 1 fully saturated rings. The number of nitrogens with zero attached hydrogens (tertiary/aromatic N) is 1. The van der Waals surface area contributed by atoms with Gasteiger partial charge in [-0.2, -0.15) is 0 Å². The molecule has 0 unspecified atom stereocenters. The van der Waals surface area contributed by atoms with Crippen LogP contribution in [0.4, 0.5) is 14.5 Å². The lowest BCUT2D eigenvalue weighted by Gasteiger charge is -2.30. The van der Waals surface area contributed by atoms with E-state index in [4.69, 9.17) is 5.73 Å². The zero-order valence-corrected chi connectivity index (χ0v) is 10.2. The number of carbonyl (C=O) groups is 1. The fourth-order valence-electron chi connectivity index (χ4n) is 2.13. The van der Waals surface area contributed by atoms with E-state index in [0.29, 0.717) is 19.0 Å². The van der Waals surface area contributed by atoms with Crippen LogP contribution in [0.15, 0.2) is 12.1 Å². The van der Waals surface area contributed by atoms with Crippen molar-refractivity contribution < 1.29 is 13.6 Å². The Bertz CT molecular complexity index is 468. The van der Waals surface area contributed by atoms with Crippen LogP contribution in [0.25, 0.3) is 0 Å². The van der Waals surface area contributed by atoms with Gasteiger partial charge in [-0.15, -0.1) is 0 Å². The number of rotatable bonds is 1. The van der Waals surface area contributed by atoms with Crippen molar-refractivity contribution in [2.45, 2.75) is 19.8 Å². The fraction of sp³-hybridized carbons (Fsp3) is 0.462. The van der Waals surface area contributed by atoms with Crippen molar-refractivity contribution in [3.05, 3.63) is 29.3 Å². The summed E-state index contributed by atoms with van der Waals surface area (Å²) in [5.74, 6) is -1.80. The van der Waals surface area contributed by atoms with Gasteiger partial charge in [-0.25, -0.2) is 8.78 Å². The van der Waals surface area contributed by atoms with Crippen LogP contribution in [0.5, 0.6) is 0 Å². The third kappa shape index (κ3) is 2.44. The van der Waals surface area contributed by atoms with E-state index < -0.39 is 11.6 Å². The average molecular weight is 254 g/mol. The molecule has 3 nitrogen and oxygen atoms in total. The number of anilines is 1. The minimum atomic E-state index is -1.04. The summed E-state index contributed by atoms with van der Waals surface area (Å²) < 4.78 is 26.1. The van der Waals surface area contributed by atoms with E-state index in [1.54, 1.807) is 4.90 Å². The number of piperidine rings is 1. The molecule has 0 atom stereocenters. The zero-order valence-electron chi connectivity index (χ0n) is 10.2. The predicted molar refractivity (Wildman–Crippen MR) is 65.1 cm³/mol. The van der Waals surface area contributed by atoms with Crippen molar-refractivity contribution in [3.63, 3.8) is 0 Å². The second-order valence-corrected chi connectivity index (χ2v) is 4.83. The van der Waals surface area contributed by atoms with E-state index in [0.717, 1.165) is 25.0 Å². The molecule has 1 aromatic carbocycles. The van der Waals surface area contributed by atoms with Crippen LogP contribution in [0.3, 0.4) is 0 Å². The van der Waals surface area contributed by atoms with Gasteiger partial charge in [0.1, 0.15) is 0 Å². The predicted octanol–water partition coefficient (Wildman–Crippen LogP) is 2.42. The van der Waals surface area contributed by atoms with Crippen LogP contribution in [0, 0.1) is 17.6 Å². The summed E-state index contributed by atoms with van der Waals surface area (Å²) in [6, 6.07) is 1.74. The van der Waals surface area contributed by atoms with Gasteiger partial charge in [-0.1, -0.05) is 6.92 Å². The quantitative estimate of drug-likeness (QED) is 0.782. The number of amides is 1. The highest BCUT2D eigenvalue weighted by Gasteiger charge is 2.23. The van der Waals surface area contributed by atoms with Crippen molar-refractivity contribution >= 4 is 11.6 Å². The van der Waals surface area contributed by atoms with E-state index in [-0.39, 0.29) is 17.2 Å². The molecule has 0 bridgehead atoms. The maximum absolute atomic E-state index is 13.1. The van der Waals surface area contributed by atoms with Gasteiger partial charge in [-0.3, -0.25) is 4.79 Å². The summed E-state index contributed by atoms with van der Waals surface area (Å²) in [7, 11) is 0. The van der Waals surface area contributed by atoms with Crippen LogP contribution < -0.4 is 5.73 Å². The monoisotopic (exact) mass is 254 g/mol. The number of hydrogen-bond acceptors (Lipinski definition) is 2. The van der Waals surface area contributed by atoms with Gasteiger partial charge >= 0.3 is 0 Å². The highest BCUT2D eigenvalue weighted by Crippen LogP contribution is 2.22. The van der Waals surface area contributed by atoms with Crippen molar-refractivity contribution in [1.82, 2.24) is 4.90 Å². The zero-order chi connectivity index (χ0) is 13.3. The first-order chi connectivity index (χ1) is 8.49. The molecule has 1 heterocycles. The van der Waals surface area contributed by atoms with Crippen LogP contribution in [-0.4, -0.2) is 23.9 Å². The number of carbonyl (C=O) groups excluding carboxylic acids is 1. The number of halogens is 2. The molecule has 1 aliphatic heterocycles. The molecule has 2 N–H and O–H groups in total. The molecule has 18 heavy (non-hydrogen) atoms. The Kier molecular flexibility index (Phi) is 3.50. The summed E-state index contributed by atoms with van der Waals surface area (Å²) in [4.78, 5) is 13.8. The first kappa shape index (κ1) is 12.8. The lowest BCUT2D eigenvalue weighted by atomic mass is 9.98. The Morgan fingerprint density at radius 1 is 1.28 bits per heavy atom. The maximum atomic E-state index is 13.1. The van der Waals surface area contributed by atoms with Gasteiger partial charge in [-0.05, 0) is 24.8 Å². The van der Waals surface area contributed by atoms with Gasteiger partial charge in [0.25, 0.3) is 5.91 Å². The van der Waals surface area contributed by atoms with E-state index in [1.807, 2.05) is 0 Å². The molecular formula is C13H16F2N2O. The third-order valence-corrected chi connectivity index (χ3v) is 3.39. The summed E-state index contributed by atoms with van der Waals surface area (Å²) in [5.41, 5.74) is 5.60. The van der Waals surface area contributed by atoms with Crippen molar-refractivity contribution in [2.75, 3.05) is 18.8 Å². The largest absolute Gasteiger partial charge is 0.398 e. The number of nitrogens with two attached hydrogens (primary N) is 1. The first-order valence-electron chi connectivity index (χ1n) is 6.03. The molecule has 1 amide bonds. The molecule has 0 aliphatic carbocycles. The second kappa shape index (κ2) is 4.92. The summed E-state index contributed by atoms with van der Waals surface area (Å²) in [6.45, 7) is 3.41. The molecule has 0 spiro atoms. The summed E-state index contributed by atoms with van der Waals surface area (Å²) in [5, 5.41) is 0. The van der Waals surface area contributed by atoms with Crippen LogP contribution in [0.1, 0.15) is 30.1 Å². The van der Waals surface area contributed by atoms with Crippen molar-refractivity contribution in [1.29, 1.82) is 0 Å². The standard InChI is InChI=1S/C13H16F2N2O/c1-8-2-4-17(5-3-8)13(18)9-6-10(14)11(15)7-12(9)16/h6-8H,2-5,16H2,1H3. The highest BCUT2D eigenvalue weighted by molar-refractivity contribution is 5.99. The second-order valence-electron chi connectivity index (χ2n) is 4.83. The smallest absolute Gasteiger partial charge is 0.256 e. The lowest BCUT2D eigenvalue weighted by Crippen LogP contribution is -2.38. The summed E-state index contributed by atoms with van der Waals surface area (Å²) in [6.07, 6.45) is 1.85. The first-order valence-corrected chi connectivity index (χ1v) is 6.03. The number of benzene rings is 1. The number of likely N-dealkylation sites (tertiary alicyclic amines) is 1. The van der Waals surface area contributed by atoms with Gasteiger partial charge in [0, 0.05) is 24.8 Å². The topological polar surface area (TPSA) is 46.3 Å². The van der Waals surface area contributed by atoms with E-state index in [9.17, 15) is 13.6 Å². The fourth-order valence-corrected chi connectivity index (χ4v) is 2.13. The molecule has 0 saturated carbocycles. The number of nitrogen functional groups attached to an aromatic ring is 1. The molecule has 2 rings (SSSR count). The van der Waals surface area contributed by atoms with Gasteiger partial charge in [0.2, 0.25) is 0 Å². The molecule has 5 heteroatoms. The van der Waals surface area contributed by atoms with Crippen molar-refractivity contribution in [2.24, 2.45) is 5.92 Å². The van der Waals surface area contributed by atoms with Gasteiger partial charge in [0.15, 0.2) is 11.6 Å². The Morgan fingerprint density at radius 2 is 1.83 bits per heavy atom. The molecular weight excluding hydrogens is 238 g/mol. The molecule has 0 aromatic heterocycles. The highest BCUT2D eigenvalue weighted by atomic mass is 19.2. The average Bonchev–Trinajstić information content (AvgIpc) is 2.34. The molecule has 1 saturated heterocycles. The van der Waals surface area contributed by atoms with Crippen LogP contribution in [-0.2, 0) is 0 Å². The lowest BCUT2D eigenvalue weighted by molar-refractivity contribution is 0.0697. The number of hydrogen-bond donors (Lipinski definition) is 1. The Labute approximate surface area is 105 Å². The minimum Gasteiger partial charge on any atom is -0.398 e. The molecule has 0 radical (unpaired) electrons. The molecule has 98 valence electrons. The van der Waals surface area contributed by atoms with Crippen molar-refractivity contribution in [3.8, 4) is 0 Å². The molecule has 1 aromatic rings. The van der Waals surface area contributed by atoms with Gasteiger partial charge < -0.3 is 10.6 Å². The van der Waals surface area contributed by atoms with E-state index >= 15 is 0 Å². The van der Waals surface area contributed by atoms with E-state index in [2.05, 4.69) is 6.92 Å². The normalized spacial score (nSPS) is 16.9. The van der Waals surface area contributed by atoms with Gasteiger partial charge in [0.05, 0.1) is 5.56 Å². The SMILES string of the molecule is CC1CCN(C(=O)c2cc(F)c(F)cc2N)CC1. The maximum Gasteiger partial charge on any atom is 0.256 e.